The number of ether oxygens (including phenoxy) is 2. The molecule has 1 aromatic carbocycles. The normalized spacial score (nSPS) is 22.1. The second kappa shape index (κ2) is 3.17. The van der Waals surface area contributed by atoms with E-state index in [-0.39, 0.29) is 0 Å². The number of carbonyl (C=O) groups excluding carboxylic acids is 4. The lowest BCUT2D eigenvalue weighted by atomic mass is 9.75. The smallest absolute Gasteiger partial charge is 0.347 e. The maximum Gasteiger partial charge on any atom is 0.347 e. The number of carbonyl (C=O) groups is 4. The van der Waals surface area contributed by atoms with Crippen LogP contribution < -0.4 is 0 Å². The molecule has 1 fully saturated rings. The zero-order chi connectivity index (χ0) is 15.6. The second-order valence-electron chi connectivity index (χ2n) is 6.19. The first-order chi connectivity index (χ1) is 11.1. The van der Waals surface area contributed by atoms with Gasteiger partial charge in [0.2, 0.25) is 0 Å². The van der Waals surface area contributed by atoms with Gasteiger partial charge in [0.25, 0.3) is 0 Å². The van der Waals surface area contributed by atoms with E-state index in [2.05, 4.69) is 0 Å². The highest BCUT2D eigenvalue weighted by Gasteiger charge is 2.52. The predicted molar refractivity (Wildman–Crippen MR) is 73.2 cm³/mol. The predicted octanol–water partition coefficient (Wildman–Crippen LogP) is 1.10. The molecule has 1 saturated heterocycles. The minimum absolute atomic E-state index is 0.337. The van der Waals surface area contributed by atoms with Crippen molar-refractivity contribution < 1.29 is 28.7 Å². The summed E-state index contributed by atoms with van der Waals surface area (Å²) in [7, 11) is 0. The van der Waals surface area contributed by atoms with Gasteiger partial charge in [-0.3, -0.25) is 0 Å². The highest BCUT2D eigenvalue weighted by molar-refractivity contribution is 6.32. The Morgan fingerprint density at radius 2 is 1.00 bits per heavy atom. The van der Waals surface area contributed by atoms with Crippen LogP contribution in [0.25, 0.3) is 11.1 Å². The fraction of sp³-hybridized carbons (Fsp3) is 0.176. The molecule has 0 atom stereocenters. The molecule has 0 N–H and O–H groups in total. The van der Waals surface area contributed by atoms with E-state index in [0.29, 0.717) is 41.5 Å². The molecular formula is C17H6O6. The van der Waals surface area contributed by atoms with E-state index in [9.17, 15) is 19.2 Å². The summed E-state index contributed by atoms with van der Waals surface area (Å²) in [5.74, 6) is -2.46. The van der Waals surface area contributed by atoms with E-state index in [1.165, 1.54) is 0 Å². The molecule has 7 rings (SSSR count). The molecule has 6 heteroatoms. The largest absolute Gasteiger partial charge is 0.386 e. The van der Waals surface area contributed by atoms with Gasteiger partial charge in [-0.1, -0.05) is 0 Å². The average molecular weight is 306 g/mol. The zero-order valence-electron chi connectivity index (χ0n) is 11.6. The number of esters is 4. The van der Waals surface area contributed by atoms with E-state index < -0.39 is 23.9 Å². The van der Waals surface area contributed by atoms with Gasteiger partial charge in [-0.15, -0.1) is 0 Å². The monoisotopic (exact) mass is 306 g/mol. The van der Waals surface area contributed by atoms with Crippen molar-refractivity contribution in [1.82, 2.24) is 0 Å². The second-order valence-corrected chi connectivity index (χ2v) is 6.19. The molecular weight excluding hydrogens is 300 g/mol. The number of hydrogen-bond acceptors (Lipinski definition) is 6. The van der Waals surface area contributed by atoms with Crippen LogP contribution in [0.15, 0.2) is 11.1 Å². The summed E-state index contributed by atoms with van der Waals surface area (Å²) in [5.41, 5.74) is 6.10. The van der Waals surface area contributed by atoms with Crippen LogP contribution in [0.1, 0.15) is 49.4 Å². The van der Waals surface area contributed by atoms with Gasteiger partial charge >= 0.3 is 23.9 Å². The first-order valence-electron chi connectivity index (χ1n) is 7.30. The Morgan fingerprint density at radius 3 is 1.48 bits per heavy atom. The lowest BCUT2D eigenvalue weighted by Gasteiger charge is -2.25. The molecule has 2 aliphatic heterocycles. The molecule has 23 heavy (non-hydrogen) atoms. The van der Waals surface area contributed by atoms with E-state index in [1.54, 1.807) is 0 Å². The molecule has 2 heterocycles. The standard InChI is InChI=1S/C17H6O6/c18-14-10-4-1-2-5(11(10)15(19)22-14)9-7-3-6(8(4)9)12-13(7)17(21)23-16(12)20/h1-3H2. The Balaban J connectivity index is 1.81. The minimum Gasteiger partial charge on any atom is -0.386 e. The average Bonchev–Trinajstić information content (AvgIpc) is 3.24. The number of hydrogen-bond donors (Lipinski definition) is 0. The van der Waals surface area contributed by atoms with Crippen LogP contribution in [-0.4, -0.2) is 23.9 Å². The highest BCUT2D eigenvalue weighted by atomic mass is 16.6. The van der Waals surface area contributed by atoms with Crippen molar-refractivity contribution in [2.45, 2.75) is 19.3 Å². The van der Waals surface area contributed by atoms with Gasteiger partial charge in [-0.25, -0.2) is 19.2 Å². The zero-order valence-corrected chi connectivity index (χ0v) is 11.6. The fourth-order valence-electron chi connectivity index (χ4n) is 4.63. The molecule has 4 aliphatic carbocycles. The molecule has 0 spiro atoms. The number of allylic oxidation sites excluding steroid dienone is 2. The Morgan fingerprint density at radius 1 is 0.565 bits per heavy atom. The number of cyclic esters (lactones) is 4. The first-order valence-corrected chi connectivity index (χ1v) is 7.30. The summed E-state index contributed by atoms with van der Waals surface area (Å²) in [4.78, 5) is 47.9. The molecule has 0 saturated carbocycles. The van der Waals surface area contributed by atoms with Crippen molar-refractivity contribution in [2.75, 3.05) is 0 Å². The molecule has 0 amide bonds. The van der Waals surface area contributed by atoms with E-state index in [4.69, 9.17) is 9.47 Å². The molecule has 1 aromatic rings. The molecule has 0 radical (unpaired) electrons. The summed E-state index contributed by atoms with van der Waals surface area (Å²) >= 11 is 0. The van der Waals surface area contributed by atoms with Gasteiger partial charge in [0, 0.05) is 6.42 Å². The van der Waals surface area contributed by atoms with Gasteiger partial charge in [0.1, 0.15) is 0 Å². The van der Waals surface area contributed by atoms with Crippen LogP contribution in [0, 0.1) is 0 Å². The van der Waals surface area contributed by atoms with Crippen LogP contribution >= 0.6 is 0 Å². The van der Waals surface area contributed by atoms with Crippen molar-refractivity contribution in [3.63, 3.8) is 0 Å². The van der Waals surface area contributed by atoms with Crippen LogP contribution in [0.3, 0.4) is 0 Å². The van der Waals surface area contributed by atoms with Crippen LogP contribution in [0.4, 0.5) is 0 Å². The third-order valence-corrected chi connectivity index (χ3v) is 5.33. The van der Waals surface area contributed by atoms with Crippen molar-refractivity contribution in [3.8, 4) is 0 Å². The van der Waals surface area contributed by atoms with Gasteiger partial charge < -0.3 is 9.47 Å². The van der Waals surface area contributed by atoms with Gasteiger partial charge in [0.15, 0.2) is 0 Å². The minimum atomic E-state index is -0.618. The summed E-state index contributed by atoms with van der Waals surface area (Å²) in [5, 5.41) is 0. The quantitative estimate of drug-likeness (QED) is 0.527. The summed E-state index contributed by atoms with van der Waals surface area (Å²) in [6, 6.07) is 0. The Labute approximate surface area is 128 Å². The highest BCUT2D eigenvalue weighted by Crippen LogP contribution is 2.59. The Kier molecular flexibility index (Phi) is 1.59. The lowest BCUT2D eigenvalue weighted by Crippen LogP contribution is -2.18. The van der Waals surface area contributed by atoms with Crippen molar-refractivity contribution in [3.05, 3.63) is 44.5 Å². The summed E-state index contributed by atoms with van der Waals surface area (Å²) < 4.78 is 9.50. The molecule has 6 nitrogen and oxygen atoms in total. The van der Waals surface area contributed by atoms with Crippen LogP contribution in [-0.2, 0) is 31.9 Å². The number of benzene rings is 1. The van der Waals surface area contributed by atoms with Crippen LogP contribution in [0.2, 0.25) is 0 Å². The number of fused-ring (bicyclic) bond motifs is 4. The Hall–Kier alpha value is -3.02. The van der Waals surface area contributed by atoms with Gasteiger partial charge in [-0.2, -0.15) is 0 Å². The SMILES string of the molecule is O=C1OC(=O)C2=C3CC(=C12)c1c2c4c(c(c13)CC2)C(=O)OC4=O. The maximum absolute atomic E-state index is 12.0. The van der Waals surface area contributed by atoms with Gasteiger partial charge in [-0.05, 0) is 46.2 Å². The third-order valence-electron chi connectivity index (χ3n) is 5.33. The number of rotatable bonds is 0. The molecule has 0 aromatic heterocycles. The van der Waals surface area contributed by atoms with Crippen molar-refractivity contribution >= 4 is 35.0 Å². The van der Waals surface area contributed by atoms with E-state index >= 15 is 0 Å². The lowest BCUT2D eigenvalue weighted by molar-refractivity contribution is -0.149. The Bertz CT molecular complexity index is 969. The fourth-order valence-corrected chi connectivity index (χ4v) is 4.63. The van der Waals surface area contributed by atoms with Crippen molar-refractivity contribution in [2.24, 2.45) is 0 Å². The molecule has 0 unspecified atom stereocenters. The van der Waals surface area contributed by atoms with E-state index in [1.807, 2.05) is 0 Å². The van der Waals surface area contributed by atoms with E-state index in [0.717, 1.165) is 33.4 Å². The molecule has 6 aliphatic rings. The topological polar surface area (TPSA) is 86.7 Å². The molecule has 110 valence electrons. The summed E-state index contributed by atoms with van der Waals surface area (Å²) in [6.07, 6.45) is 1.77. The van der Waals surface area contributed by atoms with Gasteiger partial charge in [0.05, 0.1) is 22.3 Å². The van der Waals surface area contributed by atoms with Crippen LogP contribution in [0.5, 0.6) is 0 Å². The van der Waals surface area contributed by atoms with Crippen molar-refractivity contribution in [1.29, 1.82) is 0 Å². The summed E-state index contributed by atoms with van der Waals surface area (Å²) in [6.45, 7) is 0. The first kappa shape index (κ1) is 11.5. The third kappa shape index (κ3) is 1.000. The molecule has 4 bridgehead atoms. The maximum atomic E-state index is 12.0.